The fourth-order valence-corrected chi connectivity index (χ4v) is 2.62. The Bertz CT molecular complexity index is 820. The lowest BCUT2D eigenvalue weighted by molar-refractivity contribution is -0.125. The quantitative estimate of drug-likeness (QED) is 0.613. The second kappa shape index (κ2) is 10.5. The number of rotatable bonds is 9. The SMILES string of the molecule is CCCCC(=O)Nc1ccc(NC(=O)C(O)COc2ccccc2C)cc1C. The molecule has 0 aliphatic rings. The van der Waals surface area contributed by atoms with Crippen LogP contribution in [-0.4, -0.2) is 29.6 Å². The van der Waals surface area contributed by atoms with Gasteiger partial charge in [-0.05, 0) is 55.7 Å². The van der Waals surface area contributed by atoms with E-state index in [0.29, 0.717) is 23.5 Å². The van der Waals surface area contributed by atoms with Crippen molar-refractivity contribution in [3.8, 4) is 5.75 Å². The Morgan fingerprint density at radius 2 is 1.82 bits per heavy atom. The van der Waals surface area contributed by atoms with Crippen molar-refractivity contribution in [3.63, 3.8) is 0 Å². The lowest BCUT2D eigenvalue weighted by Gasteiger charge is -2.15. The van der Waals surface area contributed by atoms with Crippen LogP contribution in [0.4, 0.5) is 11.4 Å². The summed E-state index contributed by atoms with van der Waals surface area (Å²) in [5, 5.41) is 15.6. The van der Waals surface area contributed by atoms with E-state index in [2.05, 4.69) is 10.6 Å². The molecule has 0 aromatic heterocycles. The van der Waals surface area contributed by atoms with E-state index in [0.717, 1.165) is 24.0 Å². The predicted molar refractivity (Wildman–Crippen MR) is 111 cm³/mol. The molecule has 0 spiro atoms. The zero-order chi connectivity index (χ0) is 20.5. The van der Waals surface area contributed by atoms with Crippen molar-refractivity contribution in [1.82, 2.24) is 0 Å². The molecule has 2 rings (SSSR count). The van der Waals surface area contributed by atoms with Gasteiger partial charge in [0.25, 0.3) is 5.91 Å². The van der Waals surface area contributed by atoms with Crippen LogP contribution in [0.2, 0.25) is 0 Å². The van der Waals surface area contributed by atoms with Crippen LogP contribution in [0.1, 0.15) is 37.3 Å². The lowest BCUT2D eigenvalue weighted by Crippen LogP contribution is -2.33. The molecule has 0 saturated carbocycles. The first-order valence-corrected chi connectivity index (χ1v) is 9.48. The number of nitrogens with one attached hydrogen (secondary N) is 2. The van der Waals surface area contributed by atoms with Gasteiger partial charge >= 0.3 is 0 Å². The van der Waals surface area contributed by atoms with Gasteiger partial charge in [-0.2, -0.15) is 0 Å². The Hall–Kier alpha value is -2.86. The number of aliphatic hydroxyl groups excluding tert-OH is 1. The number of benzene rings is 2. The van der Waals surface area contributed by atoms with Crippen LogP contribution in [0.25, 0.3) is 0 Å². The van der Waals surface area contributed by atoms with Crippen LogP contribution >= 0.6 is 0 Å². The number of carbonyl (C=O) groups excluding carboxylic acids is 2. The summed E-state index contributed by atoms with van der Waals surface area (Å²) in [6, 6.07) is 12.6. The fraction of sp³-hybridized carbons (Fsp3) is 0.364. The summed E-state index contributed by atoms with van der Waals surface area (Å²) in [5.41, 5.74) is 3.02. The molecule has 0 heterocycles. The monoisotopic (exact) mass is 384 g/mol. The molecule has 2 amide bonds. The van der Waals surface area contributed by atoms with Gasteiger partial charge in [-0.1, -0.05) is 31.5 Å². The molecule has 28 heavy (non-hydrogen) atoms. The van der Waals surface area contributed by atoms with Crippen LogP contribution in [-0.2, 0) is 9.59 Å². The standard InChI is InChI=1S/C22H28N2O4/c1-4-5-10-21(26)24-18-12-11-17(13-16(18)3)23-22(27)19(25)14-28-20-9-7-6-8-15(20)2/h6-9,11-13,19,25H,4-5,10,14H2,1-3H3,(H,23,27)(H,24,26). The molecule has 1 unspecified atom stereocenters. The average molecular weight is 384 g/mol. The van der Waals surface area contributed by atoms with Gasteiger partial charge < -0.3 is 20.5 Å². The minimum atomic E-state index is -1.30. The molecule has 0 fully saturated rings. The van der Waals surface area contributed by atoms with Crippen molar-refractivity contribution in [2.24, 2.45) is 0 Å². The largest absolute Gasteiger partial charge is 0.490 e. The van der Waals surface area contributed by atoms with Gasteiger partial charge in [0.2, 0.25) is 5.91 Å². The third-order valence-electron chi connectivity index (χ3n) is 4.32. The van der Waals surface area contributed by atoms with Crippen LogP contribution in [0.15, 0.2) is 42.5 Å². The molecular weight excluding hydrogens is 356 g/mol. The molecule has 3 N–H and O–H groups in total. The summed E-state index contributed by atoms with van der Waals surface area (Å²) >= 11 is 0. The number of hydrogen-bond donors (Lipinski definition) is 3. The van der Waals surface area contributed by atoms with Crippen LogP contribution in [0, 0.1) is 13.8 Å². The molecule has 0 bridgehead atoms. The van der Waals surface area contributed by atoms with Crippen molar-refractivity contribution in [1.29, 1.82) is 0 Å². The molecule has 0 radical (unpaired) electrons. The first-order chi connectivity index (χ1) is 13.4. The Balaban J connectivity index is 1.89. The zero-order valence-corrected chi connectivity index (χ0v) is 16.6. The van der Waals surface area contributed by atoms with Crippen molar-refractivity contribution in [3.05, 3.63) is 53.6 Å². The normalized spacial score (nSPS) is 11.6. The molecule has 0 saturated heterocycles. The second-order valence-electron chi connectivity index (χ2n) is 6.76. The van der Waals surface area contributed by atoms with E-state index in [-0.39, 0.29) is 12.5 Å². The van der Waals surface area contributed by atoms with E-state index < -0.39 is 12.0 Å². The molecular formula is C22H28N2O4. The van der Waals surface area contributed by atoms with E-state index in [4.69, 9.17) is 4.74 Å². The topological polar surface area (TPSA) is 87.7 Å². The number of hydrogen-bond acceptors (Lipinski definition) is 4. The Morgan fingerprint density at radius 3 is 2.50 bits per heavy atom. The number of ether oxygens (including phenoxy) is 1. The van der Waals surface area contributed by atoms with Crippen molar-refractivity contribution < 1.29 is 19.4 Å². The summed E-state index contributed by atoms with van der Waals surface area (Å²) in [7, 11) is 0. The van der Waals surface area contributed by atoms with E-state index in [1.54, 1.807) is 24.3 Å². The Labute approximate surface area is 165 Å². The molecule has 0 aliphatic heterocycles. The third-order valence-corrected chi connectivity index (χ3v) is 4.32. The molecule has 1 atom stereocenters. The number of aliphatic hydroxyl groups is 1. The van der Waals surface area contributed by atoms with E-state index in [9.17, 15) is 14.7 Å². The van der Waals surface area contributed by atoms with Gasteiger partial charge in [0.15, 0.2) is 6.10 Å². The number of anilines is 2. The highest BCUT2D eigenvalue weighted by molar-refractivity contribution is 5.95. The van der Waals surface area contributed by atoms with Crippen molar-refractivity contribution in [2.75, 3.05) is 17.2 Å². The Morgan fingerprint density at radius 1 is 1.07 bits per heavy atom. The zero-order valence-electron chi connectivity index (χ0n) is 16.6. The summed E-state index contributed by atoms with van der Waals surface area (Å²) in [6.07, 6.45) is 1.00. The maximum atomic E-state index is 12.2. The van der Waals surface area contributed by atoms with Crippen LogP contribution < -0.4 is 15.4 Å². The molecule has 150 valence electrons. The maximum absolute atomic E-state index is 12.2. The number of amides is 2. The summed E-state index contributed by atoms with van der Waals surface area (Å²) < 4.78 is 5.52. The van der Waals surface area contributed by atoms with Gasteiger partial charge in [0, 0.05) is 17.8 Å². The fourth-order valence-electron chi connectivity index (χ4n) is 2.62. The molecule has 0 aliphatic carbocycles. The molecule has 2 aromatic rings. The lowest BCUT2D eigenvalue weighted by atomic mass is 10.1. The average Bonchev–Trinajstić information content (AvgIpc) is 2.67. The first kappa shape index (κ1) is 21.4. The van der Waals surface area contributed by atoms with Gasteiger partial charge in [0.1, 0.15) is 12.4 Å². The number of unbranched alkanes of at least 4 members (excludes halogenated alkanes) is 1. The summed E-state index contributed by atoms with van der Waals surface area (Å²) in [5.74, 6) is 0.0617. The predicted octanol–water partition coefficient (Wildman–Crippen LogP) is 3.81. The second-order valence-corrected chi connectivity index (χ2v) is 6.76. The Kier molecular flexibility index (Phi) is 8.02. The maximum Gasteiger partial charge on any atom is 0.256 e. The van der Waals surface area contributed by atoms with Crippen molar-refractivity contribution >= 4 is 23.2 Å². The van der Waals surface area contributed by atoms with Crippen molar-refractivity contribution in [2.45, 2.75) is 46.1 Å². The van der Waals surface area contributed by atoms with E-state index in [1.807, 2.05) is 39.0 Å². The van der Waals surface area contributed by atoms with E-state index >= 15 is 0 Å². The van der Waals surface area contributed by atoms with Gasteiger partial charge in [-0.15, -0.1) is 0 Å². The number of para-hydroxylation sites is 1. The van der Waals surface area contributed by atoms with Gasteiger partial charge in [-0.3, -0.25) is 9.59 Å². The van der Waals surface area contributed by atoms with Crippen LogP contribution in [0.3, 0.4) is 0 Å². The highest BCUT2D eigenvalue weighted by Crippen LogP contribution is 2.21. The minimum absolute atomic E-state index is 0.0227. The molecule has 6 nitrogen and oxygen atoms in total. The minimum Gasteiger partial charge on any atom is -0.490 e. The van der Waals surface area contributed by atoms with Gasteiger partial charge in [-0.25, -0.2) is 0 Å². The molecule has 2 aromatic carbocycles. The third kappa shape index (κ3) is 6.39. The number of carbonyl (C=O) groups is 2. The van der Waals surface area contributed by atoms with E-state index in [1.165, 1.54) is 0 Å². The molecule has 6 heteroatoms. The smallest absolute Gasteiger partial charge is 0.256 e. The highest BCUT2D eigenvalue weighted by atomic mass is 16.5. The van der Waals surface area contributed by atoms with Crippen LogP contribution in [0.5, 0.6) is 5.75 Å². The van der Waals surface area contributed by atoms with Gasteiger partial charge in [0.05, 0.1) is 0 Å². The number of aryl methyl sites for hydroxylation is 2. The highest BCUT2D eigenvalue weighted by Gasteiger charge is 2.17. The summed E-state index contributed by atoms with van der Waals surface area (Å²) in [4.78, 5) is 24.1. The summed E-state index contributed by atoms with van der Waals surface area (Å²) in [6.45, 7) is 5.65. The first-order valence-electron chi connectivity index (χ1n) is 9.48.